The van der Waals surface area contributed by atoms with Gasteiger partial charge in [-0.2, -0.15) is 13.2 Å². The lowest BCUT2D eigenvalue weighted by atomic mass is 10.2. The molecule has 1 N–H and O–H groups in total. The maximum Gasteiger partial charge on any atom is 0.416 e. The lowest BCUT2D eigenvalue weighted by Gasteiger charge is -2.34. The van der Waals surface area contributed by atoms with Gasteiger partial charge in [-0.15, -0.1) is 0 Å². The summed E-state index contributed by atoms with van der Waals surface area (Å²) in [6, 6.07) is 4.26. The van der Waals surface area contributed by atoms with E-state index in [9.17, 15) is 18.0 Å². The number of anilines is 1. The molecule has 1 saturated heterocycles. The maximum absolute atomic E-state index is 12.7. The molecule has 8 heteroatoms. The Hall–Kier alpha value is -1.80. The minimum Gasteiger partial charge on any atom is -0.383 e. The molecule has 1 aromatic rings. The molecule has 0 radical (unpaired) electrons. The van der Waals surface area contributed by atoms with Crippen LogP contribution in [0.4, 0.5) is 23.7 Å². The fourth-order valence-electron chi connectivity index (χ4n) is 2.37. The van der Waals surface area contributed by atoms with Gasteiger partial charge in [0.25, 0.3) is 0 Å². The highest BCUT2D eigenvalue weighted by Crippen LogP contribution is 2.30. The number of benzene rings is 1. The van der Waals surface area contributed by atoms with Crippen LogP contribution in [0.15, 0.2) is 24.3 Å². The monoisotopic (exact) mass is 331 g/mol. The van der Waals surface area contributed by atoms with E-state index < -0.39 is 11.7 Å². The lowest BCUT2D eigenvalue weighted by molar-refractivity contribution is -0.137. The Kier molecular flexibility index (Phi) is 5.84. The average Bonchev–Trinajstić information content (AvgIpc) is 2.53. The number of carbonyl (C=O) groups excluding carboxylic acids is 1. The molecule has 0 atom stereocenters. The van der Waals surface area contributed by atoms with Gasteiger partial charge < -0.3 is 15.0 Å². The van der Waals surface area contributed by atoms with E-state index in [-0.39, 0.29) is 11.7 Å². The van der Waals surface area contributed by atoms with Crippen molar-refractivity contribution in [2.45, 2.75) is 6.18 Å². The fraction of sp³-hybridized carbons (Fsp3) is 0.533. The molecule has 1 fully saturated rings. The van der Waals surface area contributed by atoms with E-state index in [0.717, 1.165) is 31.8 Å². The molecule has 1 aliphatic heterocycles. The first-order valence-corrected chi connectivity index (χ1v) is 7.34. The normalized spacial score (nSPS) is 16.4. The highest BCUT2D eigenvalue weighted by atomic mass is 19.4. The van der Waals surface area contributed by atoms with Crippen molar-refractivity contribution in [1.29, 1.82) is 0 Å². The number of methoxy groups -OCH3 is 1. The SMILES string of the molecule is COCCN1CCN(C(=O)Nc2cccc(C(F)(F)F)c2)CC1. The second kappa shape index (κ2) is 7.65. The first-order chi connectivity index (χ1) is 10.9. The van der Waals surface area contributed by atoms with Crippen molar-refractivity contribution >= 4 is 11.7 Å². The molecule has 1 heterocycles. The summed E-state index contributed by atoms with van der Waals surface area (Å²) in [5.74, 6) is 0. The average molecular weight is 331 g/mol. The Morgan fingerprint density at radius 3 is 2.57 bits per heavy atom. The Morgan fingerprint density at radius 2 is 1.96 bits per heavy atom. The summed E-state index contributed by atoms with van der Waals surface area (Å²) in [4.78, 5) is 15.9. The molecule has 0 unspecified atom stereocenters. The zero-order valence-electron chi connectivity index (χ0n) is 12.9. The topological polar surface area (TPSA) is 44.8 Å². The number of hydrogen-bond acceptors (Lipinski definition) is 3. The first kappa shape index (κ1) is 17.6. The maximum atomic E-state index is 12.7. The summed E-state index contributed by atoms with van der Waals surface area (Å²) in [6.45, 7) is 3.96. The summed E-state index contributed by atoms with van der Waals surface area (Å²) >= 11 is 0. The van der Waals surface area contributed by atoms with Gasteiger partial charge in [-0.3, -0.25) is 4.90 Å². The van der Waals surface area contributed by atoms with Crippen LogP contribution in [0.1, 0.15) is 5.56 Å². The van der Waals surface area contributed by atoms with Crippen LogP contribution in [0.2, 0.25) is 0 Å². The van der Waals surface area contributed by atoms with Gasteiger partial charge >= 0.3 is 12.2 Å². The summed E-state index contributed by atoms with van der Waals surface area (Å²) in [5, 5.41) is 2.53. The van der Waals surface area contributed by atoms with E-state index in [0.29, 0.717) is 19.7 Å². The van der Waals surface area contributed by atoms with Crippen LogP contribution in [-0.2, 0) is 10.9 Å². The Labute approximate surface area is 133 Å². The van der Waals surface area contributed by atoms with E-state index in [4.69, 9.17) is 4.74 Å². The number of halogens is 3. The number of hydrogen-bond donors (Lipinski definition) is 1. The van der Waals surface area contributed by atoms with Crippen molar-refractivity contribution in [2.75, 3.05) is 51.8 Å². The third-order valence-electron chi connectivity index (χ3n) is 3.71. The molecule has 23 heavy (non-hydrogen) atoms. The van der Waals surface area contributed by atoms with Gasteiger partial charge in [-0.05, 0) is 18.2 Å². The molecule has 2 rings (SSSR count). The number of piperazine rings is 1. The minimum absolute atomic E-state index is 0.145. The van der Waals surface area contributed by atoms with Crippen molar-refractivity contribution < 1.29 is 22.7 Å². The standard InChI is InChI=1S/C15H20F3N3O2/c1-23-10-9-20-5-7-21(8-6-20)14(22)19-13-4-2-3-12(11-13)15(16,17)18/h2-4,11H,5-10H2,1H3,(H,19,22). The molecule has 0 aliphatic carbocycles. The van der Waals surface area contributed by atoms with Gasteiger partial charge in [0, 0.05) is 45.5 Å². The Morgan fingerprint density at radius 1 is 1.26 bits per heavy atom. The third kappa shape index (κ3) is 5.11. The van der Waals surface area contributed by atoms with Gasteiger partial charge in [0.05, 0.1) is 12.2 Å². The molecule has 1 aromatic carbocycles. The predicted molar refractivity (Wildman–Crippen MR) is 80.4 cm³/mol. The van der Waals surface area contributed by atoms with Crippen LogP contribution < -0.4 is 5.32 Å². The van der Waals surface area contributed by atoms with E-state index in [1.54, 1.807) is 12.0 Å². The van der Waals surface area contributed by atoms with Crippen LogP contribution in [0, 0.1) is 0 Å². The van der Waals surface area contributed by atoms with Crippen LogP contribution in [0.25, 0.3) is 0 Å². The molecule has 128 valence electrons. The van der Waals surface area contributed by atoms with Crippen LogP contribution in [-0.4, -0.2) is 62.3 Å². The zero-order valence-corrected chi connectivity index (χ0v) is 12.9. The second-order valence-electron chi connectivity index (χ2n) is 5.33. The highest BCUT2D eigenvalue weighted by Gasteiger charge is 2.30. The molecule has 0 saturated carbocycles. The summed E-state index contributed by atoms with van der Waals surface area (Å²) in [5.41, 5.74) is -0.633. The summed E-state index contributed by atoms with van der Waals surface area (Å²) in [6.07, 6.45) is -4.42. The number of amides is 2. The van der Waals surface area contributed by atoms with Crippen molar-refractivity contribution in [3.63, 3.8) is 0 Å². The van der Waals surface area contributed by atoms with Crippen molar-refractivity contribution in [1.82, 2.24) is 9.80 Å². The molecule has 0 bridgehead atoms. The molecular formula is C15H20F3N3O2. The van der Waals surface area contributed by atoms with Gasteiger partial charge in [0.15, 0.2) is 0 Å². The number of urea groups is 1. The Balaban J connectivity index is 1.88. The van der Waals surface area contributed by atoms with E-state index in [1.807, 2.05) is 0 Å². The number of carbonyl (C=O) groups is 1. The molecule has 5 nitrogen and oxygen atoms in total. The lowest BCUT2D eigenvalue weighted by Crippen LogP contribution is -2.50. The molecule has 0 aromatic heterocycles. The number of ether oxygens (including phenoxy) is 1. The van der Waals surface area contributed by atoms with Crippen LogP contribution >= 0.6 is 0 Å². The number of nitrogens with zero attached hydrogens (tertiary/aromatic N) is 2. The fourth-order valence-corrected chi connectivity index (χ4v) is 2.37. The number of rotatable bonds is 4. The van der Waals surface area contributed by atoms with E-state index in [2.05, 4.69) is 10.2 Å². The molecule has 0 spiro atoms. The van der Waals surface area contributed by atoms with Crippen LogP contribution in [0.5, 0.6) is 0 Å². The zero-order chi connectivity index (χ0) is 16.9. The van der Waals surface area contributed by atoms with Gasteiger partial charge in [0.2, 0.25) is 0 Å². The molecule has 1 aliphatic rings. The highest BCUT2D eigenvalue weighted by molar-refractivity contribution is 5.89. The molecular weight excluding hydrogens is 311 g/mol. The van der Waals surface area contributed by atoms with Crippen LogP contribution in [0.3, 0.4) is 0 Å². The predicted octanol–water partition coefficient (Wildman–Crippen LogP) is 2.50. The largest absolute Gasteiger partial charge is 0.416 e. The Bertz CT molecular complexity index is 529. The smallest absolute Gasteiger partial charge is 0.383 e. The van der Waals surface area contributed by atoms with Gasteiger partial charge in [0.1, 0.15) is 0 Å². The molecule has 2 amide bonds. The van der Waals surface area contributed by atoms with E-state index in [1.165, 1.54) is 12.1 Å². The van der Waals surface area contributed by atoms with Crippen molar-refractivity contribution in [3.8, 4) is 0 Å². The number of alkyl halides is 3. The first-order valence-electron chi connectivity index (χ1n) is 7.34. The quantitative estimate of drug-likeness (QED) is 0.922. The minimum atomic E-state index is -4.42. The van der Waals surface area contributed by atoms with Gasteiger partial charge in [-0.1, -0.05) is 6.07 Å². The summed E-state index contributed by atoms with van der Waals surface area (Å²) in [7, 11) is 1.64. The third-order valence-corrected chi connectivity index (χ3v) is 3.71. The number of nitrogens with one attached hydrogen (secondary N) is 1. The summed E-state index contributed by atoms with van der Waals surface area (Å²) < 4.78 is 43.0. The second-order valence-corrected chi connectivity index (χ2v) is 5.33. The van der Waals surface area contributed by atoms with Crippen molar-refractivity contribution in [2.24, 2.45) is 0 Å². The van der Waals surface area contributed by atoms with E-state index >= 15 is 0 Å². The van der Waals surface area contributed by atoms with Crippen molar-refractivity contribution in [3.05, 3.63) is 29.8 Å². The van der Waals surface area contributed by atoms with Gasteiger partial charge in [-0.25, -0.2) is 4.79 Å².